The summed E-state index contributed by atoms with van der Waals surface area (Å²) in [5, 5.41) is 0. The van der Waals surface area contributed by atoms with Crippen molar-refractivity contribution in [1.29, 1.82) is 0 Å². The fourth-order valence-corrected chi connectivity index (χ4v) is 2.34. The Morgan fingerprint density at radius 3 is 2.48 bits per heavy atom. The maximum Gasteiger partial charge on any atom is 0.416 e. The minimum atomic E-state index is -4.61. The second kappa shape index (κ2) is 4.47. The zero-order valence-electron chi connectivity index (χ0n) is 11.2. The van der Waals surface area contributed by atoms with E-state index in [1.54, 1.807) is 11.6 Å². The molecule has 2 aromatic rings. The summed E-state index contributed by atoms with van der Waals surface area (Å²) in [5.74, 6) is 0.315. The highest BCUT2D eigenvalue weighted by Gasteiger charge is 2.33. The molecule has 0 saturated heterocycles. The number of hydrogen-bond acceptors (Lipinski definition) is 2. The monoisotopic (exact) mass is 299 g/mol. The average molecular weight is 299 g/mol. The Hall–Kier alpha value is -2.05. The van der Waals surface area contributed by atoms with Gasteiger partial charge >= 0.3 is 6.18 Å². The molecule has 1 fully saturated rings. The number of alkyl halides is 3. The number of halogens is 4. The Balaban J connectivity index is 2.12. The van der Waals surface area contributed by atoms with E-state index in [2.05, 4.69) is 4.98 Å². The van der Waals surface area contributed by atoms with Crippen molar-refractivity contribution in [1.82, 2.24) is 9.55 Å². The van der Waals surface area contributed by atoms with E-state index in [1.165, 1.54) is 0 Å². The van der Waals surface area contributed by atoms with Crippen molar-refractivity contribution in [2.24, 2.45) is 7.05 Å². The zero-order valence-corrected chi connectivity index (χ0v) is 11.2. The van der Waals surface area contributed by atoms with Gasteiger partial charge in [-0.3, -0.25) is 0 Å². The van der Waals surface area contributed by atoms with Crippen molar-refractivity contribution in [3.63, 3.8) is 0 Å². The predicted octanol–water partition coefficient (Wildman–Crippen LogP) is 3.70. The van der Waals surface area contributed by atoms with Crippen LogP contribution >= 0.6 is 0 Å². The summed E-state index contributed by atoms with van der Waals surface area (Å²) in [6.07, 6.45) is -2.64. The SMILES string of the molecule is Cn1c(C2CC2)nc(-c2cc(F)cc(C(F)(F)F)c2)c1N. The minimum absolute atomic E-state index is 0.0438. The van der Waals surface area contributed by atoms with Crippen LogP contribution in [-0.2, 0) is 13.2 Å². The molecule has 1 heterocycles. The summed E-state index contributed by atoms with van der Waals surface area (Å²) in [7, 11) is 1.71. The van der Waals surface area contributed by atoms with Crippen LogP contribution in [0, 0.1) is 5.82 Å². The number of benzene rings is 1. The van der Waals surface area contributed by atoms with E-state index >= 15 is 0 Å². The molecule has 3 rings (SSSR count). The van der Waals surface area contributed by atoms with Gasteiger partial charge in [-0.1, -0.05) is 0 Å². The number of anilines is 1. The standard InChI is InChI=1S/C14H13F4N3/c1-21-12(19)11(20-13(21)7-2-3-7)8-4-9(14(16,17)18)6-10(15)5-8/h4-7H,2-3,19H2,1H3. The van der Waals surface area contributed by atoms with Gasteiger partial charge in [-0.25, -0.2) is 9.37 Å². The third kappa shape index (κ3) is 2.48. The Morgan fingerprint density at radius 2 is 1.90 bits per heavy atom. The third-order valence-corrected chi connectivity index (χ3v) is 3.62. The van der Waals surface area contributed by atoms with Crippen LogP contribution in [0.4, 0.5) is 23.4 Å². The maximum atomic E-state index is 13.5. The van der Waals surface area contributed by atoms with E-state index < -0.39 is 17.6 Å². The zero-order chi connectivity index (χ0) is 15.4. The molecule has 0 amide bonds. The van der Waals surface area contributed by atoms with E-state index in [1.807, 2.05) is 0 Å². The van der Waals surface area contributed by atoms with E-state index in [-0.39, 0.29) is 17.1 Å². The molecule has 0 bridgehead atoms. The van der Waals surface area contributed by atoms with Crippen molar-refractivity contribution in [3.05, 3.63) is 35.4 Å². The summed E-state index contributed by atoms with van der Waals surface area (Å²) in [6.45, 7) is 0. The first-order valence-corrected chi connectivity index (χ1v) is 6.47. The lowest BCUT2D eigenvalue weighted by atomic mass is 10.1. The fraction of sp³-hybridized carbons (Fsp3) is 0.357. The molecule has 0 aliphatic heterocycles. The minimum Gasteiger partial charge on any atom is -0.383 e. The quantitative estimate of drug-likeness (QED) is 0.859. The fourth-order valence-electron chi connectivity index (χ4n) is 2.34. The first-order valence-electron chi connectivity index (χ1n) is 6.47. The Labute approximate surface area is 118 Å². The van der Waals surface area contributed by atoms with Gasteiger partial charge in [0, 0.05) is 18.5 Å². The molecule has 1 aromatic carbocycles. The highest BCUT2D eigenvalue weighted by molar-refractivity contribution is 5.72. The number of imidazole rings is 1. The molecule has 1 aliphatic carbocycles. The van der Waals surface area contributed by atoms with E-state index in [0.717, 1.165) is 30.8 Å². The van der Waals surface area contributed by atoms with Gasteiger partial charge in [0.25, 0.3) is 0 Å². The summed E-state index contributed by atoms with van der Waals surface area (Å²) in [4.78, 5) is 4.31. The smallest absolute Gasteiger partial charge is 0.383 e. The first kappa shape index (κ1) is 13.9. The van der Waals surface area contributed by atoms with Gasteiger partial charge in [0.15, 0.2) is 0 Å². The molecule has 1 aliphatic rings. The van der Waals surface area contributed by atoms with Crippen LogP contribution in [0.25, 0.3) is 11.3 Å². The van der Waals surface area contributed by atoms with Crippen LogP contribution in [0.3, 0.4) is 0 Å². The normalized spacial score (nSPS) is 15.5. The van der Waals surface area contributed by atoms with Gasteiger partial charge in [-0.15, -0.1) is 0 Å². The largest absolute Gasteiger partial charge is 0.416 e. The second-order valence-corrected chi connectivity index (χ2v) is 5.26. The molecular weight excluding hydrogens is 286 g/mol. The number of nitrogen functional groups attached to an aromatic ring is 1. The van der Waals surface area contributed by atoms with Crippen LogP contribution < -0.4 is 5.73 Å². The van der Waals surface area contributed by atoms with Crippen LogP contribution in [0.5, 0.6) is 0 Å². The molecule has 1 saturated carbocycles. The molecule has 2 N–H and O–H groups in total. The van der Waals surface area contributed by atoms with Crippen molar-refractivity contribution in [3.8, 4) is 11.3 Å². The lowest BCUT2D eigenvalue weighted by Gasteiger charge is -2.09. The van der Waals surface area contributed by atoms with Gasteiger partial charge in [0.2, 0.25) is 0 Å². The van der Waals surface area contributed by atoms with Crippen molar-refractivity contribution < 1.29 is 17.6 Å². The van der Waals surface area contributed by atoms with Crippen LogP contribution in [0.2, 0.25) is 0 Å². The molecule has 0 atom stereocenters. The van der Waals surface area contributed by atoms with Crippen molar-refractivity contribution >= 4 is 5.82 Å². The lowest BCUT2D eigenvalue weighted by Crippen LogP contribution is -2.06. The van der Waals surface area contributed by atoms with Crippen molar-refractivity contribution in [2.45, 2.75) is 24.9 Å². The molecule has 21 heavy (non-hydrogen) atoms. The van der Waals surface area contributed by atoms with Gasteiger partial charge in [-0.05, 0) is 31.0 Å². The highest BCUT2D eigenvalue weighted by Crippen LogP contribution is 2.42. The third-order valence-electron chi connectivity index (χ3n) is 3.62. The molecular formula is C14H13F4N3. The van der Waals surface area contributed by atoms with Gasteiger partial charge < -0.3 is 10.3 Å². The summed E-state index contributed by atoms with van der Waals surface area (Å²) in [5.41, 5.74) is 5.10. The topological polar surface area (TPSA) is 43.8 Å². The van der Waals surface area contributed by atoms with E-state index in [4.69, 9.17) is 5.73 Å². The number of nitrogens with two attached hydrogens (primary N) is 1. The molecule has 1 aromatic heterocycles. The molecule has 0 spiro atoms. The molecule has 3 nitrogen and oxygen atoms in total. The number of hydrogen-bond donors (Lipinski definition) is 1. The second-order valence-electron chi connectivity index (χ2n) is 5.26. The Morgan fingerprint density at radius 1 is 1.24 bits per heavy atom. The summed E-state index contributed by atoms with van der Waals surface area (Å²) >= 11 is 0. The summed E-state index contributed by atoms with van der Waals surface area (Å²) < 4.78 is 53.4. The predicted molar refractivity (Wildman–Crippen MR) is 70.0 cm³/mol. The van der Waals surface area contributed by atoms with Gasteiger partial charge in [-0.2, -0.15) is 13.2 Å². The average Bonchev–Trinajstić information content (AvgIpc) is 3.17. The summed E-state index contributed by atoms with van der Waals surface area (Å²) in [6, 6.07) is 2.35. The number of rotatable bonds is 2. The number of nitrogens with zero attached hydrogens (tertiary/aromatic N) is 2. The first-order chi connectivity index (χ1) is 9.77. The molecule has 0 unspecified atom stereocenters. The molecule has 7 heteroatoms. The van der Waals surface area contributed by atoms with Crippen molar-refractivity contribution in [2.75, 3.05) is 5.73 Å². The van der Waals surface area contributed by atoms with Crippen LogP contribution in [-0.4, -0.2) is 9.55 Å². The maximum absolute atomic E-state index is 13.5. The molecule has 112 valence electrons. The van der Waals surface area contributed by atoms with E-state index in [0.29, 0.717) is 12.0 Å². The Bertz CT molecular complexity index is 699. The van der Waals surface area contributed by atoms with Crippen LogP contribution in [0.1, 0.15) is 30.1 Å². The molecule has 0 radical (unpaired) electrons. The van der Waals surface area contributed by atoms with E-state index in [9.17, 15) is 17.6 Å². The van der Waals surface area contributed by atoms with Gasteiger partial charge in [0.1, 0.15) is 23.2 Å². The van der Waals surface area contributed by atoms with Gasteiger partial charge in [0.05, 0.1) is 5.56 Å². The van der Waals surface area contributed by atoms with Crippen LogP contribution in [0.15, 0.2) is 18.2 Å². The lowest BCUT2D eigenvalue weighted by molar-refractivity contribution is -0.137. The Kier molecular flexibility index (Phi) is 2.96. The highest BCUT2D eigenvalue weighted by atomic mass is 19.4. The number of aromatic nitrogens is 2.